The molecule has 0 radical (unpaired) electrons. The van der Waals surface area contributed by atoms with Crippen molar-refractivity contribution in [2.24, 2.45) is 10.9 Å². The van der Waals surface area contributed by atoms with E-state index in [2.05, 4.69) is 60.7 Å². The molecule has 2 aliphatic rings. The quantitative estimate of drug-likeness (QED) is 0.553. The largest absolute Gasteiger partial charge is 0.371 e. The molecule has 1 unspecified atom stereocenters. The molecule has 1 aliphatic carbocycles. The number of guanidine groups is 1. The van der Waals surface area contributed by atoms with Crippen molar-refractivity contribution in [1.82, 2.24) is 15.5 Å². The van der Waals surface area contributed by atoms with E-state index in [4.69, 9.17) is 4.74 Å². The zero-order valence-corrected chi connectivity index (χ0v) is 19.0. The summed E-state index contributed by atoms with van der Waals surface area (Å²) in [6.45, 7) is 9.13. The molecular weight excluding hydrogens is 376 g/mol. The molecule has 1 aromatic carbocycles. The summed E-state index contributed by atoms with van der Waals surface area (Å²) >= 11 is 0. The second-order valence-electron chi connectivity index (χ2n) is 9.54. The molecule has 1 atom stereocenters. The Morgan fingerprint density at radius 3 is 2.63 bits per heavy atom. The summed E-state index contributed by atoms with van der Waals surface area (Å²) in [4.78, 5) is 19.1. The van der Waals surface area contributed by atoms with Crippen molar-refractivity contribution in [1.29, 1.82) is 0 Å². The first-order valence-corrected chi connectivity index (χ1v) is 11.3. The minimum atomic E-state index is -0.144. The Labute approximate surface area is 181 Å². The molecule has 6 heteroatoms. The lowest BCUT2D eigenvalue weighted by Crippen LogP contribution is -2.45. The number of likely N-dealkylation sites (tertiary alicyclic amines) is 1. The summed E-state index contributed by atoms with van der Waals surface area (Å²) in [5.74, 6) is 1.40. The Morgan fingerprint density at radius 2 is 1.93 bits per heavy atom. The molecule has 0 bridgehead atoms. The highest BCUT2D eigenvalue weighted by Crippen LogP contribution is 2.27. The molecule has 1 saturated heterocycles. The topological polar surface area (TPSA) is 66.0 Å². The number of carbonyl (C=O) groups excluding carboxylic acids is 1. The lowest BCUT2D eigenvalue weighted by Gasteiger charge is -2.21. The Bertz CT molecular complexity index is 735. The van der Waals surface area contributed by atoms with E-state index in [1.807, 2.05) is 4.90 Å². The van der Waals surface area contributed by atoms with Crippen LogP contribution in [0, 0.1) is 5.92 Å². The number of rotatable bonds is 6. The molecule has 166 valence electrons. The lowest BCUT2D eigenvalue weighted by atomic mass is 10.1. The predicted molar refractivity (Wildman–Crippen MR) is 121 cm³/mol. The van der Waals surface area contributed by atoms with Crippen LogP contribution < -0.4 is 10.6 Å². The molecular formula is C24H38N4O2. The standard InChI is InChI=1S/C24H38N4O2/c1-24(2,3)30-17-19-9-7-8-18(14-19)15-26-23(25-4)27-21-12-13-28(16-21)22(29)20-10-5-6-11-20/h7-9,14,20-21H,5-6,10-13,15-17H2,1-4H3,(H2,25,26,27). The minimum Gasteiger partial charge on any atom is -0.371 e. The third-order valence-corrected chi connectivity index (χ3v) is 5.89. The molecule has 0 spiro atoms. The van der Waals surface area contributed by atoms with Gasteiger partial charge in [-0.15, -0.1) is 0 Å². The van der Waals surface area contributed by atoms with Gasteiger partial charge in [0, 0.05) is 38.6 Å². The zero-order chi connectivity index (χ0) is 21.6. The van der Waals surface area contributed by atoms with Crippen molar-refractivity contribution < 1.29 is 9.53 Å². The van der Waals surface area contributed by atoms with Crippen LogP contribution in [-0.4, -0.2) is 48.5 Å². The number of nitrogens with zero attached hydrogens (tertiary/aromatic N) is 2. The Kier molecular flexibility index (Phi) is 7.75. The molecule has 1 aliphatic heterocycles. The van der Waals surface area contributed by atoms with Crippen LogP contribution in [0.3, 0.4) is 0 Å². The predicted octanol–water partition coefficient (Wildman–Crippen LogP) is 3.46. The molecule has 2 fully saturated rings. The van der Waals surface area contributed by atoms with Crippen LogP contribution in [0.1, 0.15) is 64.0 Å². The summed E-state index contributed by atoms with van der Waals surface area (Å²) < 4.78 is 5.88. The van der Waals surface area contributed by atoms with Crippen LogP contribution >= 0.6 is 0 Å². The molecule has 1 aromatic rings. The highest BCUT2D eigenvalue weighted by Gasteiger charge is 2.32. The zero-order valence-electron chi connectivity index (χ0n) is 19.0. The summed E-state index contributed by atoms with van der Waals surface area (Å²) in [5.41, 5.74) is 2.22. The monoisotopic (exact) mass is 414 g/mol. The van der Waals surface area contributed by atoms with Crippen molar-refractivity contribution in [3.05, 3.63) is 35.4 Å². The van der Waals surface area contributed by atoms with Gasteiger partial charge in [0.2, 0.25) is 5.91 Å². The van der Waals surface area contributed by atoms with Gasteiger partial charge in [0.15, 0.2) is 5.96 Å². The molecule has 30 heavy (non-hydrogen) atoms. The normalized spacial score (nSPS) is 20.6. The molecule has 0 aromatic heterocycles. The van der Waals surface area contributed by atoms with Crippen molar-refractivity contribution in [2.45, 2.75) is 77.7 Å². The van der Waals surface area contributed by atoms with Gasteiger partial charge >= 0.3 is 0 Å². The maximum absolute atomic E-state index is 12.6. The Morgan fingerprint density at radius 1 is 1.20 bits per heavy atom. The van der Waals surface area contributed by atoms with E-state index in [1.54, 1.807) is 7.05 Å². The van der Waals surface area contributed by atoms with Gasteiger partial charge in [0.1, 0.15) is 0 Å². The number of aliphatic imine (C=N–C) groups is 1. The second-order valence-corrected chi connectivity index (χ2v) is 9.54. The van der Waals surface area contributed by atoms with Crippen LogP contribution in [0.5, 0.6) is 0 Å². The number of benzene rings is 1. The van der Waals surface area contributed by atoms with E-state index < -0.39 is 0 Å². The fourth-order valence-electron chi connectivity index (χ4n) is 4.21. The van der Waals surface area contributed by atoms with Crippen LogP contribution in [0.4, 0.5) is 0 Å². The highest BCUT2D eigenvalue weighted by molar-refractivity contribution is 5.81. The number of hydrogen-bond acceptors (Lipinski definition) is 3. The van der Waals surface area contributed by atoms with Crippen LogP contribution in [0.25, 0.3) is 0 Å². The summed E-state index contributed by atoms with van der Waals surface area (Å²) in [6.07, 6.45) is 5.50. The number of hydrogen-bond donors (Lipinski definition) is 2. The maximum atomic E-state index is 12.6. The average Bonchev–Trinajstić information content (AvgIpc) is 3.41. The van der Waals surface area contributed by atoms with Gasteiger partial charge in [-0.2, -0.15) is 0 Å². The summed E-state index contributed by atoms with van der Waals surface area (Å²) in [5, 5.41) is 6.90. The van der Waals surface area contributed by atoms with Crippen molar-refractivity contribution >= 4 is 11.9 Å². The molecule has 2 N–H and O–H groups in total. The Hall–Kier alpha value is -2.08. The SMILES string of the molecule is CN=C(NCc1cccc(COC(C)(C)C)c1)NC1CCN(C(=O)C2CCCC2)C1. The second kappa shape index (κ2) is 10.3. The number of amides is 1. The van der Waals surface area contributed by atoms with Crippen molar-refractivity contribution in [3.8, 4) is 0 Å². The van der Waals surface area contributed by atoms with E-state index in [9.17, 15) is 4.79 Å². The smallest absolute Gasteiger partial charge is 0.225 e. The summed E-state index contributed by atoms with van der Waals surface area (Å²) in [7, 11) is 1.79. The van der Waals surface area contributed by atoms with E-state index in [-0.39, 0.29) is 17.6 Å². The minimum absolute atomic E-state index is 0.144. The van der Waals surface area contributed by atoms with Gasteiger partial charge in [0.05, 0.1) is 12.2 Å². The highest BCUT2D eigenvalue weighted by atomic mass is 16.5. The number of carbonyl (C=O) groups is 1. The van der Waals surface area contributed by atoms with Gasteiger partial charge in [-0.1, -0.05) is 37.1 Å². The summed E-state index contributed by atoms with van der Waals surface area (Å²) in [6, 6.07) is 8.70. The van der Waals surface area contributed by atoms with E-state index in [0.717, 1.165) is 38.3 Å². The van der Waals surface area contributed by atoms with Crippen LogP contribution in [0.2, 0.25) is 0 Å². The molecule has 1 amide bonds. The van der Waals surface area contributed by atoms with E-state index in [1.165, 1.54) is 24.0 Å². The Balaban J connectivity index is 1.45. The molecule has 6 nitrogen and oxygen atoms in total. The molecule has 1 saturated carbocycles. The third-order valence-electron chi connectivity index (χ3n) is 5.89. The fourth-order valence-corrected chi connectivity index (χ4v) is 4.21. The van der Waals surface area contributed by atoms with Gasteiger partial charge in [-0.25, -0.2) is 0 Å². The first-order chi connectivity index (χ1) is 14.3. The first-order valence-electron chi connectivity index (χ1n) is 11.3. The molecule has 3 rings (SSSR count). The van der Waals surface area contributed by atoms with Crippen LogP contribution in [-0.2, 0) is 22.7 Å². The maximum Gasteiger partial charge on any atom is 0.225 e. The van der Waals surface area contributed by atoms with E-state index in [0.29, 0.717) is 19.1 Å². The van der Waals surface area contributed by atoms with Crippen molar-refractivity contribution in [3.63, 3.8) is 0 Å². The molecule has 1 heterocycles. The first kappa shape index (κ1) is 22.6. The third kappa shape index (κ3) is 6.73. The van der Waals surface area contributed by atoms with Crippen molar-refractivity contribution in [2.75, 3.05) is 20.1 Å². The number of ether oxygens (including phenoxy) is 1. The van der Waals surface area contributed by atoms with Gasteiger partial charge in [0.25, 0.3) is 0 Å². The van der Waals surface area contributed by atoms with Gasteiger partial charge in [-0.05, 0) is 51.2 Å². The average molecular weight is 415 g/mol. The lowest BCUT2D eigenvalue weighted by molar-refractivity contribution is -0.134. The van der Waals surface area contributed by atoms with E-state index >= 15 is 0 Å². The fraction of sp³-hybridized carbons (Fsp3) is 0.667. The number of nitrogens with one attached hydrogen (secondary N) is 2. The van der Waals surface area contributed by atoms with Gasteiger partial charge in [-0.3, -0.25) is 9.79 Å². The van der Waals surface area contributed by atoms with Crippen LogP contribution in [0.15, 0.2) is 29.3 Å². The van der Waals surface area contributed by atoms with Gasteiger partial charge < -0.3 is 20.3 Å².